The van der Waals surface area contributed by atoms with E-state index >= 15 is 0 Å². The molecule has 1 N–H and O–H groups in total. The van der Waals surface area contributed by atoms with Gasteiger partial charge in [-0.05, 0) is 23.3 Å². The Hall–Kier alpha value is -4.08. The Morgan fingerprint density at radius 3 is 2.69 bits per heavy atom. The van der Waals surface area contributed by atoms with E-state index in [0.29, 0.717) is 28.7 Å². The van der Waals surface area contributed by atoms with E-state index in [-0.39, 0.29) is 18.4 Å². The number of anilines is 1. The summed E-state index contributed by atoms with van der Waals surface area (Å²) in [4.78, 5) is 24.8. The van der Waals surface area contributed by atoms with E-state index in [2.05, 4.69) is 25.4 Å². The number of alkyl halides is 3. The molecule has 0 atom stereocenters. The zero-order valence-electron chi connectivity index (χ0n) is 16.5. The van der Waals surface area contributed by atoms with Gasteiger partial charge in [0.2, 0.25) is 17.6 Å². The van der Waals surface area contributed by atoms with Crippen LogP contribution in [0.5, 0.6) is 0 Å². The lowest BCUT2D eigenvalue weighted by Gasteiger charge is -2.11. The molecule has 0 aliphatic heterocycles. The fourth-order valence-electron chi connectivity index (χ4n) is 3.04. The molecule has 0 fully saturated rings. The minimum atomic E-state index is -4.46. The van der Waals surface area contributed by atoms with Crippen LogP contribution in [0.2, 0.25) is 0 Å². The van der Waals surface area contributed by atoms with Crippen LogP contribution in [0.1, 0.15) is 22.6 Å². The number of amides is 1. The highest BCUT2D eigenvalue weighted by Crippen LogP contribution is 2.29. The van der Waals surface area contributed by atoms with Gasteiger partial charge in [-0.15, -0.1) is 0 Å². The van der Waals surface area contributed by atoms with E-state index < -0.39 is 17.6 Å². The lowest BCUT2D eigenvalue weighted by Crippen LogP contribution is -2.16. The van der Waals surface area contributed by atoms with Gasteiger partial charge in [-0.3, -0.25) is 9.78 Å². The van der Waals surface area contributed by atoms with Gasteiger partial charge in [-0.2, -0.15) is 18.2 Å². The number of hydrogen-bond acceptors (Lipinski definition) is 6. The second-order valence-electron chi connectivity index (χ2n) is 6.86. The van der Waals surface area contributed by atoms with Crippen molar-refractivity contribution >= 4 is 11.6 Å². The average Bonchev–Trinajstić information content (AvgIpc) is 3.24. The van der Waals surface area contributed by atoms with Crippen LogP contribution in [0.25, 0.3) is 11.5 Å². The van der Waals surface area contributed by atoms with Crippen molar-refractivity contribution in [2.24, 2.45) is 0 Å². The molecule has 0 spiro atoms. The molecule has 2 aromatic carbocycles. The number of nitrogens with zero attached hydrogens (tertiary/aromatic N) is 4. The molecule has 32 heavy (non-hydrogen) atoms. The molecule has 0 saturated carbocycles. The second-order valence-corrected chi connectivity index (χ2v) is 6.86. The molecule has 0 aliphatic rings. The quantitative estimate of drug-likeness (QED) is 0.481. The minimum Gasteiger partial charge on any atom is -0.339 e. The van der Waals surface area contributed by atoms with Crippen LogP contribution in [0.15, 0.2) is 71.6 Å². The third kappa shape index (κ3) is 5.15. The average molecular weight is 439 g/mol. The van der Waals surface area contributed by atoms with Gasteiger partial charge < -0.3 is 9.84 Å². The third-order valence-corrected chi connectivity index (χ3v) is 4.51. The SMILES string of the molecule is O=C(Cc1cccc(C(F)(F)F)c1)Nc1ccccc1Cc1nc(-c2cnccn2)no1. The van der Waals surface area contributed by atoms with Crippen molar-refractivity contribution < 1.29 is 22.5 Å². The number of hydrogen-bond donors (Lipinski definition) is 1. The van der Waals surface area contributed by atoms with Crippen LogP contribution >= 0.6 is 0 Å². The molecule has 1 amide bonds. The van der Waals surface area contributed by atoms with Gasteiger partial charge in [0, 0.05) is 18.1 Å². The van der Waals surface area contributed by atoms with Gasteiger partial charge in [0.05, 0.1) is 24.6 Å². The van der Waals surface area contributed by atoms with Crippen molar-refractivity contribution in [3.05, 3.63) is 89.7 Å². The Labute approximate surface area is 180 Å². The summed E-state index contributed by atoms with van der Waals surface area (Å²) in [5.74, 6) is 0.159. The second kappa shape index (κ2) is 8.96. The lowest BCUT2D eigenvalue weighted by atomic mass is 10.1. The summed E-state index contributed by atoms with van der Waals surface area (Å²) in [5, 5.41) is 6.63. The van der Waals surface area contributed by atoms with Crippen molar-refractivity contribution in [2.75, 3.05) is 5.32 Å². The predicted molar refractivity (Wildman–Crippen MR) is 108 cm³/mol. The van der Waals surface area contributed by atoms with Gasteiger partial charge in [0.15, 0.2) is 0 Å². The molecular formula is C22H16F3N5O2. The molecule has 0 radical (unpaired) electrons. The molecule has 4 rings (SSSR count). The predicted octanol–water partition coefficient (Wildman–Crippen LogP) is 4.32. The van der Waals surface area contributed by atoms with Crippen molar-refractivity contribution in [3.63, 3.8) is 0 Å². The Bertz CT molecular complexity index is 1230. The topological polar surface area (TPSA) is 93.8 Å². The number of nitrogens with one attached hydrogen (secondary N) is 1. The van der Waals surface area contributed by atoms with Crippen LogP contribution < -0.4 is 5.32 Å². The first kappa shape index (κ1) is 21.2. The van der Waals surface area contributed by atoms with Crippen LogP contribution in [-0.4, -0.2) is 26.0 Å². The zero-order chi connectivity index (χ0) is 22.6. The van der Waals surface area contributed by atoms with E-state index in [1.165, 1.54) is 30.7 Å². The molecule has 162 valence electrons. The Kier molecular flexibility index (Phi) is 5.93. The van der Waals surface area contributed by atoms with E-state index in [0.717, 1.165) is 12.1 Å². The third-order valence-electron chi connectivity index (χ3n) is 4.51. The highest BCUT2D eigenvalue weighted by atomic mass is 19.4. The van der Waals surface area contributed by atoms with E-state index in [1.54, 1.807) is 24.3 Å². The van der Waals surface area contributed by atoms with E-state index in [4.69, 9.17) is 4.52 Å². The summed E-state index contributed by atoms with van der Waals surface area (Å²) in [6, 6.07) is 11.7. The highest BCUT2D eigenvalue weighted by Gasteiger charge is 2.30. The molecular weight excluding hydrogens is 423 g/mol. The van der Waals surface area contributed by atoms with Crippen LogP contribution in [0, 0.1) is 0 Å². The molecule has 2 heterocycles. The maximum Gasteiger partial charge on any atom is 0.416 e. The first-order valence-corrected chi connectivity index (χ1v) is 9.51. The van der Waals surface area contributed by atoms with E-state index in [9.17, 15) is 18.0 Å². The largest absolute Gasteiger partial charge is 0.416 e. The Balaban J connectivity index is 1.46. The maximum atomic E-state index is 12.9. The Morgan fingerprint density at radius 1 is 1.06 bits per heavy atom. The van der Waals surface area contributed by atoms with Gasteiger partial charge >= 0.3 is 6.18 Å². The van der Waals surface area contributed by atoms with Crippen LogP contribution in [-0.2, 0) is 23.8 Å². The summed E-state index contributed by atoms with van der Waals surface area (Å²) in [5.41, 5.74) is 1.15. The molecule has 4 aromatic rings. The first-order chi connectivity index (χ1) is 15.4. The van der Waals surface area contributed by atoms with E-state index in [1.807, 2.05) is 0 Å². The highest BCUT2D eigenvalue weighted by molar-refractivity contribution is 5.93. The number of benzene rings is 2. The van der Waals surface area contributed by atoms with Crippen LogP contribution in [0.4, 0.5) is 18.9 Å². The fourth-order valence-corrected chi connectivity index (χ4v) is 3.04. The van der Waals surface area contributed by atoms with Gasteiger partial charge in [0.1, 0.15) is 5.69 Å². The molecule has 0 aliphatic carbocycles. The number of aromatic nitrogens is 4. The molecule has 7 nitrogen and oxygen atoms in total. The molecule has 10 heteroatoms. The summed E-state index contributed by atoms with van der Waals surface area (Å²) in [6.45, 7) is 0. The smallest absolute Gasteiger partial charge is 0.339 e. The normalized spacial score (nSPS) is 11.3. The van der Waals surface area contributed by atoms with Crippen LogP contribution in [0.3, 0.4) is 0 Å². The van der Waals surface area contributed by atoms with Gasteiger partial charge in [-0.1, -0.05) is 41.6 Å². The van der Waals surface area contributed by atoms with Crippen molar-refractivity contribution in [1.29, 1.82) is 0 Å². The fraction of sp³-hybridized carbons (Fsp3) is 0.136. The standard InChI is InChI=1S/C22H16F3N5O2/c23-22(24,25)16-6-3-4-14(10-16)11-19(31)28-17-7-2-1-5-15(17)12-20-29-21(30-32-20)18-13-26-8-9-27-18/h1-10,13H,11-12H2,(H,28,31). The van der Waals surface area contributed by atoms with Gasteiger partial charge in [0.25, 0.3) is 0 Å². The summed E-state index contributed by atoms with van der Waals surface area (Å²) < 4.78 is 44.0. The summed E-state index contributed by atoms with van der Waals surface area (Å²) >= 11 is 0. The molecule has 0 unspecified atom stereocenters. The minimum absolute atomic E-state index is 0.199. The first-order valence-electron chi connectivity index (χ1n) is 9.51. The maximum absolute atomic E-state index is 12.9. The van der Waals surface area contributed by atoms with Crippen molar-refractivity contribution in [1.82, 2.24) is 20.1 Å². The van der Waals surface area contributed by atoms with Crippen molar-refractivity contribution in [2.45, 2.75) is 19.0 Å². The number of carbonyl (C=O) groups excluding carboxylic acids is 1. The number of halogens is 3. The number of carbonyl (C=O) groups is 1. The van der Waals surface area contributed by atoms with Gasteiger partial charge in [-0.25, -0.2) is 4.98 Å². The van der Waals surface area contributed by atoms with Crippen molar-refractivity contribution in [3.8, 4) is 11.5 Å². The lowest BCUT2D eigenvalue weighted by molar-refractivity contribution is -0.137. The summed E-state index contributed by atoms with van der Waals surface area (Å²) in [7, 11) is 0. The number of para-hydroxylation sites is 1. The zero-order valence-corrected chi connectivity index (χ0v) is 16.5. The monoisotopic (exact) mass is 439 g/mol. The molecule has 0 saturated heterocycles. The Morgan fingerprint density at radius 2 is 1.91 bits per heavy atom. The number of rotatable bonds is 6. The molecule has 0 bridgehead atoms. The summed E-state index contributed by atoms with van der Waals surface area (Å²) in [6.07, 6.45) is 0.135. The molecule has 2 aromatic heterocycles.